The number of benzene rings is 8. The van der Waals surface area contributed by atoms with Gasteiger partial charge in [-0.25, -0.2) is 15.0 Å². The van der Waals surface area contributed by atoms with E-state index in [4.69, 9.17) is 15.0 Å². The van der Waals surface area contributed by atoms with E-state index < -0.39 is 0 Å². The second-order valence-corrected chi connectivity index (χ2v) is 14.0. The van der Waals surface area contributed by atoms with Crippen molar-refractivity contribution in [2.24, 2.45) is 0 Å². The zero-order valence-corrected chi connectivity index (χ0v) is 30.5. The van der Waals surface area contributed by atoms with E-state index in [1.807, 2.05) is 18.2 Å². The van der Waals surface area contributed by atoms with Crippen LogP contribution in [0.2, 0.25) is 0 Å². The minimum Gasteiger partial charge on any atom is -0.247 e. The summed E-state index contributed by atoms with van der Waals surface area (Å²) in [5.74, 6) is 0.625. The second kappa shape index (κ2) is 14.4. The van der Waals surface area contributed by atoms with Crippen molar-refractivity contribution < 1.29 is 0 Å². The van der Waals surface area contributed by atoms with Crippen molar-refractivity contribution in [1.82, 2.24) is 15.0 Å². The lowest BCUT2D eigenvalue weighted by Crippen LogP contribution is -1.99. The fourth-order valence-corrected chi connectivity index (χ4v) is 7.70. The summed E-state index contributed by atoms with van der Waals surface area (Å²) in [5.41, 5.74) is 14.3. The zero-order valence-electron chi connectivity index (χ0n) is 30.5. The molecule has 0 aliphatic heterocycles. The summed E-state index contributed by atoms with van der Waals surface area (Å²) < 4.78 is 0. The van der Waals surface area contributed by atoms with E-state index in [9.17, 15) is 0 Å². The lowest BCUT2D eigenvalue weighted by molar-refractivity contribution is 1.18. The van der Waals surface area contributed by atoms with Crippen molar-refractivity contribution >= 4 is 21.7 Å². The Morgan fingerprint density at radius 2 is 0.714 bits per heavy atom. The molecule has 10 aromatic rings. The summed E-state index contributed by atoms with van der Waals surface area (Å²) in [6, 6.07) is 74.5. The van der Waals surface area contributed by atoms with Crippen molar-refractivity contribution in [2.75, 3.05) is 0 Å². The van der Waals surface area contributed by atoms with Gasteiger partial charge in [-0.3, -0.25) is 0 Å². The Labute approximate surface area is 326 Å². The van der Waals surface area contributed by atoms with Crippen LogP contribution in [-0.4, -0.2) is 15.0 Å². The molecule has 0 spiro atoms. The summed E-state index contributed by atoms with van der Waals surface area (Å²) in [6.45, 7) is 0. The Morgan fingerprint density at radius 3 is 1.29 bits per heavy atom. The molecule has 10 rings (SSSR count). The maximum Gasteiger partial charge on any atom is 0.162 e. The highest BCUT2D eigenvalue weighted by atomic mass is 14.9. The lowest BCUT2D eigenvalue weighted by atomic mass is 9.92. The normalized spacial score (nSPS) is 11.2. The number of aromatic nitrogens is 3. The third-order valence-electron chi connectivity index (χ3n) is 10.5. The molecule has 8 aromatic carbocycles. The van der Waals surface area contributed by atoms with Crippen LogP contribution >= 0.6 is 0 Å². The molecule has 0 amide bonds. The van der Waals surface area contributed by atoms with Gasteiger partial charge in [-0.05, 0) is 74.5 Å². The number of fused-ring (bicyclic) bond motifs is 3. The van der Waals surface area contributed by atoms with Crippen LogP contribution in [0.1, 0.15) is 0 Å². The van der Waals surface area contributed by atoms with E-state index >= 15 is 0 Å². The van der Waals surface area contributed by atoms with E-state index in [2.05, 4.69) is 194 Å². The molecule has 3 heteroatoms. The number of nitrogens with zero attached hydrogens (tertiary/aromatic N) is 3. The van der Waals surface area contributed by atoms with Crippen LogP contribution in [-0.2, 0) is 0 Å². The molecule has 0 bridgehead atoms. The first-order valence-corrected chi connectivity index (χ1v) is 18.9. The van der Waals surface area contributed by atoms with Crippen molar-refractivity contribution in [3.8, 4) is 78.5 Å². The third kappa shape index (κ3) is 6.31. The summed E-state index contributed by atoms with van der Waals surface area (Å²) in [7, 11) is 0. The molecule has 262 valence electrons. The van der Waals surface area contributed by atoms with Gasteiger partial charge in [0.1, 0.15) is 0 Å². The summed E-state index contributed by atoms with van der Waals surface area (Å²) >= 11 is 0. The van der Waals surface area contributed by atoms with Gasteiger partial charge in [0.05, 0.1) is 22.6 Å². The highest BCUT2D eigenvalue weighted by molar-refractivity contribution is 6.18. The molecule has 0 unspecified atom stereocenters. The van der Waals surface area contributed by atoms with E-state index in [0.717, 1.165) is 94.4 Å². The molecule has 0 N–H and O–H groups in total. The van der Waals surface area contributed by atoms with Crippen LogP contribution in [0.3, 0.4) is 0 Å². The lowest BCUT2D eigenvalue weighted by Gasteiger charge is -2.17. The van der Waals surface area contributed by atoms with E-state index in [1.54, 1.807) is 0 Å². The molecule has 2 aromatic heterocycles. The van der Waals surface area contributed by atoms with Crippen LogP contribution in [0.25, 0.3) is 100 Å². The van der Waals surface area contributed by atoms with Crippen molar-refractivity contribution in [3.05, 3.63) is 212 Å². The van der Waals surface area contributed by atoms with Crippen LogP contribution < -0.4 is 0 Å². The quantitative estimate of drug-likeness (QED) is 0.154. The van der Waals surface area contributed by atoms with Gasteiger partial charge in [0.15, 0.2) is 5.82 Å². The van der Waals surface area contributed by atoms with E-state index in [-0.39, 0.29) is 0 Å². The summed E-state index contributed by atoms with van der Waals surface area (Å²) in [6.07, 6.45) is 0. The molecule has 56 heavy (non-hydrogen) atoms. The number of hydrogen-bond donors (Lipinski definition) is 0. The minimum absolute atomic E-state index is 0.625. The van der Waals surface area contributed by atoms with E-state index in [1.165, 1.54) is 0 Å². The van der Waals surface area contributed by atoms with Gasteiger partial charge in [0, 0.05) is 27.6 Å². The Hall–Kier alpha value is -7.49. The Balaban J connectivity index is 1.27. The maximum atomic E-state index is 5.49. The molecule has 0 atom stereocenters. The third-order valence-corrected chi connectivity index (χ3v) is 10.5. The van der Waals surface area contributed by atoms with Crippen molar-refractivity contribution in [1.29, 1.82) is 0 Å². The van der Waals surface area contributed by atoms with Crippen LogP contribution in [0.15, 0.2) is 212 Å². The number of pyridine rings is 1. The largest absolute Gasteiger partial charge is 0.247 e. The highest BCUT2D eigenvalue weighted by Gasteiger charge is 2.20. The smallest absolute Gasteiger partial charge is 0.162 e. The highest BCUT2D eigenvalue weighted by Crippen LogP contribution is 2.42. The molecule has 0 aliphatic carbocycles. The molecular weight excluding hydrogens is 679 g/mol. The first-order chi connectivity index (χ1) is 27.7. The van der Waals surface area contributed by atoms with Gasteiger partial charge in [-0.1, -0.05) is 182 Å². The zero-order chi connectivity index (χ0) is 37.3. The number of hydrogen-bond acceptors (Lipinski definition) is 3. The van der Waals surface area contributed by atoms with Gasteiger partial charge in [0.2, 0.25) is 0 Å². The summed E-state index contributed by atoms with van der Waals surface area (Å²) in [4.78, 5) is 16.3. The van der Waals surface area contributed by atoms with Crippen LogP contribution in [0.4, 0.5) is 0 Å². The fraction of sp³-hybridized carbons (Fsp3) is 0. The van der Waals surface area contributed by atoms with Gasteiger partial charge in [-0.15, -0.1) is 0 Å². The molecule has 0 fully saturated rings. The average molecular weight is 714 g/mol. The molecule has 0 radical (unpaired) electrons. The first-order valence-electron chi connectivity index (χ1n) is 18.9. The molecule has 0 aliphatic rings. The van der Waals surface area contributed by atoms with Gasteiger partial charge in [-0.2, -0.15) is 0 Å². The molecular formula is C53H35N3. The maximum absolute atomic E-state index is 5.49. The van der Waals surface area contributed by atoms with Gasteiger partial charge >= 0.3 is 0 Å². The van der Waals surface area contributed by atoms with Gasteiger partial charge < -0.3 is 0 Å². The molecule has 3 nitrogen and oxygen atoms in total. The second-order valence-electron chi connectivity index (χ2n) is 14.0. The fourth-order valence-electron chi connectivity index (χ4n) is 7.70. The topological polar surface area (TPSA) is 38.7 Å². The van der Waals surface area contributed by atoms with Crippen LogP contribution in [0, 0.1) is 0 Å². The SMILES string of the molecule is c1ccc(-c2cccc(-c3cc(-c4cccc(-c5ccccc5)c4)nc(-c4cc5ccccc5c5c(-c6ccccc6)cc(-c6ccccc6)nc45)n3)c2)cc1. The number of rotatable bonds is 7. The molecule has 2 heterocycles. The Kier molecular flexibility index (Phi) is 8.51. The predicted molar refractivity (Wildman–Crippen MR) is 233 cm³/mol. The van der Waals surface area contributed by atoms with Crippen LogP contribution in [0.5, 0.6) is 0 Å². The standard InChI is InChI=1S/C53H35N3/c1-5-17-36(18-6-1)40-26-15-28-43(31-40)49-35-50(44-29-16-27-41(32-44)37-19-7-2-8-20-37)56-53(55-49)47-33-42-25-13-14-30-45(42)51-46(38-21-9-3-10-22-38)34-48(54-52(47)51)39-23-11-4-12-24-39/h1-35H. The molecule has 0 saturated heterocycles. The summed E-state index contributed by atoms with van der Waals surface area (Å²) in [5, 5.41) is 3.32. The average Bonchev–Trinajstić information content (AvgIpc) is 3.29. The molecule has 0 saturated carbocycles. The van der Waals surface area contributed by atoms with Crippen molar-refractivity contribution in [2.45, 2.75) is 0 Å². The minimum atomic E-state index is 0.625. The van der Waals surface area contributed by atoms with Crippen molar-refractivity contribution in [3.63, 3.8) is 0 Å². The monoisotopic (exact) mass is 713 g/mol. The van der Waals surface area contributed by atoms with Gasteiger partial charge in [0.25, 0.3) is 0 Å². The Bertz CT molecular complexity index is 2900. The Morgan fingerprint density at radius 1 is 0.268 bits per heavy atom. The first kappa shape index (κ1) is 33.1. The van der Waals surface area contributed by atoms with E-state index in [0.29, 0.717) is 5.82 Å². The predicted octanol–water partition coefficient (Wildman–Crippen LogP) is 13.8.